The monoisotopic (exact) mass is 489 g/mol. The molecule has 184 valence electrons. The number of carbonyl (C=O) groups excluding carboxylic acids is 2. The lowest BCUT2D eigenvalue weighted by Gasteiger charge is -2.17. The molecule has 5 nitrogen and oxygen atoms in total. The van der Waals surface area contributed by atoms with Crippen LogP contribution < -0.4 is 4.74 Å². The number of ether oxygens (including phenoxy) is 2. The van der Waals surface area contributed by atoms with E-state index in [1.54, 1.807) is 25.1 Å². The molecule has 4 rings (SSSR count). The third kappa shape index (κ3) is 5.51. The van der Waals surface area contributed by atoms with E-state index in [1.165, 1.54) is 12.1 Å². The standard InChI is InChI=1S/C29H25F2NO4/c1-19-17-25(20(2)32(19)23-13-15-24(16-14-23)36-29(30)31)26(33)18-35-28(34)27(21-9-5-3-6-10-21)22-11-7-4-8-12-22/h3-17,27,29H,18H2,1-2H3. The molecule has 0 aliphatic heterocycles. The van der Waals surface area contributed by atoms with Crippen LogP contribution in [-0.2, 0) is 9.53 Å². The average Bonchev–Trinajstić information content (AvgIpc) is 3.18. The predicted octanol–water partition coefficient (Wildman–Crippen LogP) is 6.25. The van der Waals surface area contributed by atoms with Crippen molar-refractivity contribution in [3.05, 3.63) is 119 Å². The van der Waals surface area contributed by atoms with Crippen LogP contribution in [-0.4, -0.2) is 29.5 Å². The summed E-state index contributed by atoms with van der Waals surface area (Å²) in [5.41, 5.74) is 4.09. The molecule has 3 aromatic carbocycles. The Balaban J connectivity index is 1.51. The summed E-state index contributed by atoms with van der Waals surface area (Å²) in [6.07, 6.45) is 0. The van der Waals surface area contributed by atoms with Crippen LogP contribution in [0.25, 0.3) is 5.69 Å². The summed E-state index contributed by atoms with van der Waals surface area (Å²) in [6, 6.07) is 26.4. The van der Waals surface area contributed by atoms with Crippen molar-refractivity contribution < 1.29 is 27.8 Å². The highest BCUT2D eigenvalue weighted by molar-refractivity contribution is 5.99. The molecular weight excluding hydrogens is 464 g/mol. The van der Waals surface area contributed by atoms with Gasteiger partial charge in [-0.2, -0.15) is 8.78 Å². The Bertz CT molecular complexity index is 1290. The van der Waals surface area contributed by atoms with Gasteiger partial charge in [-0.05, 0) is 55.3 Å². The molecule has 36 heavy (non-hydrogen) atoms. The predicted molar refractivity (Wildman–Crippen MR) is 132 cm³/mol. The van der Waals surface area contributed by atoms with Gasteiger partial charge in [-0.3, -0.25) is 9.59 Å². The number of ketones is 1. The molecule has 0 saturated carbocycles. The van der Waals surface area contributed by atoms with E-state index in [9.17, 15) is 18.4 Å². The van der Waals surface area contributed by atoms with E-state index < -0.39 is 25.1 Å². The Morgan fingerprint density at radius 1 is 0.833 bits per heavy atom. The maximum atomic E-state index is 13.1. The zero-order chi connectivity index (χ0) is 25.7. The van der Waals surface area contributed by atoms with E-state index in [2.05, 4.69) is 4.74 Å². The second-order valence-electron chi connectivity index (χ2n) is 8.28. The third-order valence-corrected chi connectivity index (χ3v) is 5.90. The number of hydrogen-bond donors (Lipinski definition) is 0. The van der Waals surface area contributed by atoms with Crippen molar-refractivity contribution in [2.75, 3.05) is 6.61 Å². The maximum Gasteiger partial charge on any atom is 0.387 e. The Morgan fingerprint density at radius 2 is 1.39 bits per heavy atom. The maximum absolute atomic E-state index is 13.1. The van der Waals surface area contributed by atoms with E-state index >= 15 is 0 Å². The topological polar surface area (TPSA) is 57.5 Å². The summed E-state index contributed by atoms with van der Waals surface area (Å²) in [7, 11) is 0. The number of rotatable bonds is 9. The zero-order valence-corrected chi connectivity index (χ0v) is 19.9. The van der Waals surface area contributed by atoms with Gasteiger partial charge in [0, 0.05) is 22.6 Å². The molecule has 7 heteroatoms. The molecule has 0 saturated heterocycles. The highest BCUT2D eigenvalue weighted by Gasteiger charge is 2.26. The van der Waals surface area contributed by atoms with Crippen molar-refractivity contribution in [2.45, 2.75) is 26.4 Å². The highest BCUT2D eigenvalue weighted by Crippen LogP contribution is 2.27. The summed E-state index contributed by atoms with van der Waals surface area (Å²) in [6.45, 7) is 0.310. The van der Waals surface area contributed by atoms with Crippen LogP contribution in [0.5, 0.6) is 5.75 Å². The molecule has 0 amide bonds. The number of carbonyl (C=O) groups is 2. The van der Waals surface area contributed by atoms with Crippen LogP contribution in [0, 0.1) is 13.8 Å². The third-order valence-electron chi connectivity index (χ3n) is 5.90. The van der Waals surface area contributed by atoms with E-state index in [0.29, 0.717) is 16.9 Å². The van der Waals surface area contributed by atoms with Crippen molar-refractivity contribution in [3.8, 4) is 11.4 Å². The Morgan fingerprint density at radius 3 is 1.92 bits per heavy atom. The molecule has 0 fully saturated rings. The van der Waals surface area contributed by atoms with E-state index in [0.717, 1.165) is 16.8 Å². The molecule has 4 aromatic rings. The second-order valence-corrected chi connectivity index (χ2v) is 8.28. The molecular formula is C29H25F2NO4. The molecule has 0 unspecified atom stereocenters. The number of nitrogens with zero attached hydrogens (tertiary/aromatic N) is 1. The Labute approximate surface area is 207 Å². The number of Topliss-reactive ketones (excluding diaryl/α,β-unsaturated/α-hetero) is 1. The molecule has 0 radical (unpaired) electrons. The number of esters is 1. The van der Waals surface area contributed by atoms with Crippen LogP contribution in [0.4, 0.5) is 8.78 Å². The fraction of sp³-hybridized carbons (Fsp3) is 0.172. The van der Waals surface area contributed by atoms with Gasteiger partial charge in [0.05, 0.1) is 0 Å². The molecule has 0 N–H and O–H groups in total. The lowest BCUT2D eigenvalue weighted by Crippen LogP contribution is -2.21. The fourth-order valence-electron chi connectivity index (χ4n) is 4.27. The van der Waals surface area contributed by atoms with Gasteiger partial charge in [-0.15, -0.1) is 0 Å². The lowest BCUT2D eigenvalue weighted by molar-refractivity contribution is -0.143. The van der Waals surface area contributed by atoms with Gasteiger partial charge in [0.25, 0.3) is 0 Å². The zero-order valence-electron chi connectivity index (χ0n) is 19.9. The number of hydrogen-bond acceptors (Lipinski definition) is 4. The molecule has 0 spiro atoms. The van der Waals surface area contributed by atoms with Gasteiger partial charge < -0.3 is 14.0 Å². The van der Waals surface area contributed by atoms with Gasteiger partial charge in [0.15, 0.2) is 6.61 Å². The minimum absolute atomic E-state index is 0.0470. The van der Waals surface area contributed by atoms with Gasteiger partial charge >= 0.3 is 12.6 Å². The minimum Gasteiger partial charge on any atom is -0.457 e. The minimum atomic E-state index is -2.90. The Hall–Kier alpha value is -4.26. The van der Waals surface area contributed by atoms with Crippen LogP contribution in [0.2, 0.25) is 0 Å². The number of benzene rings is 3. The van der Waals surface area contributed by atoms with Crippen LogP contribution >= 0.6 is 0 Å². The first-order chi connectivity index (χ1) is 17.3. The molecule has 1 heterocycles. The van der Waals surface area contributed by atoms with E-state index in [4.69, 9.17) is 4.74 Å². The molecule has 0 atom stereocenters. The lowest BCUT2D eigenvalue weighted by atomic mass is 9.91. The number of aryl methyl sites for hydroxylation is 1. The summed E-state index contributed by atoms with van der Waals surface area (Å²) in [5, 5.41) is 0. The summed E-state index contributed by atoms with van der Waals surface area (Å²) in [5.74, 6) is -1.45. The SMILES string of the molecule is Cc1cc(C(=O)COC(=O)C(c2ccccc2)c2ccccc2)c(C)n1-c1ccc(OC(F)F)cc1. The van der Waals surface area contributed by atoms with E-state index in [-0.39, 0.29) is 11.5 Å². The molecule has 1 aromatic heterocycles. The number of alkyl halides is 2. The normalized spacial score (nSPS) is 11.1. The van der Waals surface area contributed by atoms with Gasteiger partial charge in [-0.25, -0.2) is 0 Å². The first-order valence-corrected chi connectivity index (χ1v) is 11.4. The van der Waals surface area contributed by atoms with Crippen LogP contribution in [0.1, 0.15) is 38.8 Å². The summed E-state index contributed by atoms with van der Waals surface area (Å²) in [4.78, 5) is 26.2. The van der Waals surface area contributed by atoms with Crippen molar-refractivity contribution >= 4 is 11.8 Å². The first kappa shape index (κ1) is 24.9. The van der Waals surface area contributed by atoms with Crippen molar-refractivity contribution in [1.82, 2.24) is 4.57 Å². The smallest absolute Gasteiger partial charge is 0.387 e. The number of halogens is 2. The average molecular weight is 490 g/mol. The van der Waals surface area contributed by atoms with E-state index in [1.807, 2.05) is 72.2 Å². The van der Waals surface area contributed by atoms with Crippen LogP contribution in [0.3, 0.4) is 0 Å². The fourth-order valence-corrected chi connectivity index (χ4v) is 4.27. The largest absolute Gasteiger partial charge is 0.457 e. The molecule has 0 bridgehead atoms. The van der Waals surface area contributed by atoms with Gasteiger partial charge in [0.2, 0.25) is 5.78 Å². The Kier molecular flexibility index (Phi) is 7.59. The van der Waals surface area contributed by atoms with Crippen molar-refractivity contribution in [1.29, 1.82) is 0 Å². The quantitative estimate of drug-likeness (QED) is 0.206. The summed E-state index contributed by atoms with van der Waals surface area (Å²) >= 11 is 0. The van der Waals surface area contributed by atoms with Crippen molar-refractivity contribution in [3.63, 3.8) is 0 Å². The molecule has 0 aliphatic rings. The molecule has 0 aliphatic carbocycles. The second kappa shape index (κ2) is 11.0. The van der Waals surface area contributed by atoms with Gasteiger partial charge in [-0.1, -0.05) is 60.7 Å². The summed E-state index contributed by atoms with van der Waals surface area (Å²) < 4.78 is 36.6. The van der Waals surface area contributed by atoms with Crippen molar-refractivity contribution in [2.24, 2.45) is 0 Å². The van der Waals surface area contributed by atoms with Gasteiger partial charge in [0.1, 0.15) is 11.7 Å². The van der Waals surface area contributed by atoms with Crippen LogP contribution in [0.15, 0.2) is 91.0 Å². The highest BCUT2D eigenvalue weighted by atomic mass is 19.3. The number of aromatic nitrogens is 1. The first-order valence-electron chi connectivity index (χ1n) is 11.4.